The van der Waals surface area contributed by atoms with Crippen molar-refractivity contribution in [2.75, 3.05) is 13.2 Å². The summed E-state index contributed by atoms with van der Waals surface area (Å²) in [4.78, 5) is 0. The predicted octanol–water partition coefficient (Wildman–Crippen LogP) is 1.74. The summed E-state index contributed by atoms with van der Waals surface area (Å²) in [7, 11) is 0. The second kappa shape index (κ2) is 4.63. The molecule has 1 heterocycles. The quantitative estimate of drug-likeness (QED) is 0.640. The molecule has 2 atom stereocenters. The molecule has 2 nitrogen and oxygen atoms in total. The van der Waals surface area contributed by atoms with Crippen molar-refractivity contribution in [1.29, 1.82) is 0 Å². The maximum Gasteiger partial charge on any atom is 0.0804 e. The van der Waals surface area contributed by atoms with Gasteiger partial charge in [0.15, 0.2) is 0 Å². The summed E-state index contributed by atoms with van der Waals surface area (Å²) < 4.78 is 5.25. The molecule has 0 saturated carbocycles. The minimum atomic E-state index is -0.288. The average Bonchev–Trinajstić information content (AvgIpc) is 2.16. The van der Waals surface area contributed by atoms with Crippen LogP contribution < -0.4 is 0 Å². The van der Waals surface area contributed by atoms with Gasteiger partial charge in [0.25, 0.3) is 0 Å². The lowest BCUT2D eigenvalue weighted by molar-refractivity contribution is 0.0260. The molecule has 0 radical (unpaired) electrons. The zero-order valence-electron chi connectivity index (χ0n) is 7.75. The van der Waals surface area contributed by atoms with Gasteiger partial charge >= 0.3 is 0 Å². The standard InChI is InChI=1S/C10H18O2/c1-3-4-9-5-8(2)6-12-7-10(9)11/h9-11H,2-7H2,1H3. The first-order valence-electron chi connectivity index (χ1n) is 4.66. The molecule has 1 N–H and O–H groups in total. The Kier molecular flexibility index (Phi) is 3.76. The number of aliphatic hydroxyl groups is 1. The van der Waals surface area contributed by atoms with Crippen LogP contribution in [0.15, 0.2) is 12.2 Å². The summed E-state index contributed by atoms with van der Waals surface area (Å²) >= 11 is 0. The van der Waals surface area contributed by atoms with Crippen LogP contribution in [-0.4, -0.2) is 24.4 Å². The van der Waals surface area contributed by atoms with E-state index in [4.69, 9.17) is 4.74 Å². The van der Waals surface area contributed by atoms with Crippen molar-refractivity contribution >= 4 is 0 Å². The smallest absolute Gasteiger partial charge is 0.0804 e. The molecule has 1 aliphatic rings. The van der Waals surface area contributed by atoms with E-state index in [9.17, 15) is 5.11 Å². The molecule has 0 aromatic heterocycles. The highest BCUT2D eigenvalue weighted by Crippen LogP contribution is 2.23. The molecule has 0 bridgehead atoms. The van der Waals surface area contributed by atoms with Gasteiger partial charge in [0, 0.05) is 0 Å². The van der Waals surface area contributed by atoms with E-state index in [2.05, 4.69) is 13.5 Å². The second-order valence-corrected chi connectivity index (χ2v) is 3.59. The molecular weight excluding hydrogens is 152 g/mol. The Labute approximate surface area is 74.2 Å². The van der Waals surface area contributed by atoms with E-state index in [-0.39, 0.29) is 6.10 Å². The molecule has 0 spiro atoms. The molecule has 0 aliphatic carbocycles. The third-order valence-corrected chi connectivity index (χ3v) is 2.35. The SMILES string of the molecule is C=C1COCC(O)C(CCC)C1. The highest BCUT2D eigenvalue weighted by atomic mass is 16.5. The Balaban J connectivity index is 2.48. The minimum absolute atomic E-state index is 0.288. The van der Waals surface area contributed by atoms with Crippen molar-refractivity contribution in [2.45, 2.75) is 32.3 Å². The zero-order valence-corrected chi connectivity index (χ0v) is 7.75. The first-order chi connectivity index (χ1) is 5.74. The number of ether oxygens (including phenoxy) is 1. The van der Waals surface area contributed by atoms with Crippen LogP contribution in [0.3, 0.4) is 0 Å². The largest absolute Gasteiger partial charge is 0.390 e. The van der Waals surface area contributed by atoms with Crippen LogP contribution in [-0.2, 0) is 4.74 Å². The third-order valence-electron chi connectivity index (χ3n) is 2.35. The molecule has 1 aliphatic heterocycles. The number of hydrogen-bond donors (Lipinski definition) is 1. The maximum atomic E-state index is 9.63. The van der Waals surface area contributed by atoms with E-state index in [1.54, 1.807) is 0 Å². The van der Waals surface area contributed by atoms with Gasteiger partial charge in [-0.1, -0.05) is 25.5 Å². The van der Waals surface area contributed by atoms with Crippen LogP contribution in [0.4, 0.5) is 0 Å². The molecular formula is C10H18O2. The molecule has 0 aromatic carbocycles. The third kappa shape index (κ3) is 2.61. The molecule has 0 amide bonds. The Morgan fingerprint density at radius 1 is 1.67 bits per heavy atom. The first-order valence-corrected chi connectivity index (χ1v) is 4.66. The van der Waals surface area contributed by atoms with E-state index in [1.165, 1.54) is 0 Å². The summed E-state index contributed by atoms with van der Waals surface area (Å²) in [5.74, 6) is 0.366. The summed E-state index contributed by atoms with van der Waals surface area (Å²) in [6, 6.07) is 0. The van der Waals surface area contributed by atoms with Crippen molar-refractivity contribution in [3.63, 3.8) is 0 Å². The lowest BCUT2D eigenvalue weighted by Gasteiger charge is -2.18. The highest BCUT2D eigenvalue weighted by Gasteiger charge is 2.22. The molecule has 1 fully saturated rings. The normalized spacial score (nSPS) is 31.7. The molecule has 2 heteroatoms. The van der Waals surface area contributed by atoms with E-state index >= 15 is 0 Å². The van der Waals surface area contributed by atoms with Crippen LogP contribution in [0.25, 0.3) is 0 Å². The van der Waals surface area contributed by atoms with Crippen molar-refractivity contribution in [1.82, 2.24) is 0 Å². The van der Waals surface area contributed by atoms with Gasteiger partial charge in [-0.25, -0.2) is 0 Å². The number of aliphatic hydroxyl groups excluding tert-OH is 1. The highest BCUT2D eigenvalue weighted by molar-refractivity contribution is 4.99. The molecule has 0 aromatic rings. The van der Waals surface area contributed by atoms with Gasteiger partial charge in [-0.15, -0.1) is 0 Å². The van der Waals surface area contributed by atoms with Gasteiger partial charge in [-0.2, -0.15) is 0 Å². The van der Waals surface area contributed by atoms with E-state index in [1.807, 2.05) is 0 Å². The van der Waals surface area contributed by atoms with Gasteiger partial charge in [-0.05, 0) is 18.8 Å². The van der Waals surface area contributed by atoms with Crippen LogP contribution in [0.5, 0.6) is 0 Å². The van der Waals surface area contributed by atoms with E-state index < -0.39 is 0 Å². The fraction of sp³-hybridized carbons (Fsp3) is 0.800. The average molecular weight is 170 g/mol. The van der Waals surface area contributed by atoms with Crippen LogP contribution in [0.2, 0.25) is 0 Å². The van der Waals surface area contributed by atoms with Crippen LogP contribution in [0.1, 0.15) is 26.2 Å². The fourth-order valence-electron chi connectivity index (χ4n) is 1.69. The fourth-order valence-corrected chi connectivity index (χ4v) is 1.69. The Bertz CT molecular complexity index is 154. The summed E-state index contributed by atoms with van der Waals surface area (Å²) in [5.41, 5.74) is 1.12. The first kappa shape index (κ1) is 9.75. The lowest BCUT2D eigenvalue weighted by Crippen LogP contribution is -2.23. The Hall–Kier alpha value is -0.340. The molecule has 70 valence electrons. The van der Waals surface area contributed by atoms with Crippen LogP contribution >= 0.6 is 0 Å². The molecule has 2 unspecified atom stereocenters. The van der Waals surface area contributed by atoms with Crippen LogP contribution in [0, 0.1) is 5.92 Å². The Morgan fingerprint density at radius 3 is 3.08 bits per heavy atom. The zero-order chi connectivity index (χ0) is 8.97. The Morgan fingerprint density at radius 2 is 2.42 bits per heavy atom. The van der Waals surface area contributed by atoms with E-state index in [0.717, 1.165) is 24.8 Å². The lowest BCUT2D eigenvalue weighted by atomic mass is 9.92. The molecule has 1 rings (SSSR count). The number of hydrogen-bond acceptors (Lipinski definition) is 2. The second-order valence-electron chi connectivity index (χ2n) is 3.59. The molecule has 1 saturated heterocycles. The van der Waals surface area contributed by atoms with E-state index in [0.29, 0.717) is 19.1 Å². The maximum absolute atomic E-state index is 9.63. The topological polar surface area (TPSA) is 29.5 Å². The van der Waals surface area contributed by atoms with Gasteiger partial charge in [0.05, 0.1) is 19.3 Å². The summed E-state index contributed by atoms with van der Waals surface area (Å²) in [6.45, 7) is 7.14. The van der Waals surface area contributed by atoms with Crippen molar-refractivity contribution in [3.05, 3.63) is 12.2 Å². The van der Waals surface area contributed by atoms with Crippen molar-refractivity contribution in [2.24, 2.45) is 5.92 Å². The monoisotopic (exact) mass is 170 g/mol. The van der Waals surface area contributed by atoms with Gasteiger partial charge < -0.3 is 9.84 Å². The van der Waals surface area contributed by atoms with Gasteiger partial charge in [0.2, 0.25) is 0 Å². The van der Waals surface area contributed by atoms with Gasteiger partial charge in [-0.3, -0.25) is 0 Å². The number of rotatable bonds is 2. The summed E-state index contributed by atoms with van der Waals surface area (Å²) in [5, 5.41) is 9.63. The predicted molar refractivity (Wildman–Crippen MR) is 49.0 cm³/mol. The van der Waals surface area contributed by atoms with Crippen molar-refractivity contribution < 1.29 is 9.84 Å². The molecule has 12 heavy (non-hydrogen) atoms. The van der Waals surface area contributed by atoms with Gasteiger partial charge in [0.1, 0.15) is 0 Å². The summed E-state index contributed by atoms with van der Waals surface area (Å²) in [6.07, 6.45) is 2.83. The van der Waals surface area contributed by atoms with Crippen molar-refractivity contribution in [3.8, 4) is 0 Å². The minimum Gasteiger partial charge on any atom is -0.390 e.